The average Bonchev–Trinajstić information content (AvgIpc) is 2.84. The van der Waals surface area contributed by atoms with Crippen molar-refractivity contribution in [1.29, 1.82) is 0 Å². The predicted molar refractivity (Wildman–Crippen MR) is 130 cm³/mol. The van der Waals surface area contributed by atoms with Crippen LogP contribution in [0, 0.1) is 0 Å². The number of carbonyl (C=O) groups excluding carboxylic acids is 3. The number of hydrogen-bond acceptors (Lipinski definition) is 4. The van der Waals surface area contributed by atoms with Crippen LogP contribution in [0.25, 0.3) is 0 Å². The van der Waals surface area contributed by atoms with Gasteiger partial charge in [0.25, 0.3) is 11.8 Å². The maximum Gasteiger partial charge on any atom is 0.251 e. The quantitative estimate of drug-likeness (QED) is 0.401. The summed E-state index contributed by atoms with van der Waals surface area (Å²) in [6, 6.07) is 23.4. The minimum Gasteiger partial charge on any atom is -0.376 e. The van der Waals surface area contributed by atoms with E-state index in [0.717, 1.165) is 5.56 Å². The molecule has 0 aliphatic heterocycles. The fourth-order valence-corrected chi connectivity index (χ4v) is 3.23. The van der Waals surface area contributed by atoms with Gasteiger partial charge in [-0.25, -0.2) is 0 Å². The van der Waals surface area contributed by atoms with Crippen LogP contribution in [-0.4, -0.2) is 30.8 Å². The molecule has 33 heavy (non-hydrogen) atoms. The van der Waals surface area contributed by atoms with Gasteiger partial charge in [-0.05, 0) is 61.9 Å². The first-order chi connectivity index (χ1) is 16.0. The Balaban J connectivity index is 1.50. The van der Waals surface area contributed by atoms with Crippen LogP contribution in [0.4, 0.5) is 11.4 Å². The number of nitrogens with one attached hydrogen (secondary N) is 4. The summed E-state index contributed by atoms with van der Waals surface area (Å²) < 4.78 is 0. The van der Waals surface area contributed by atoms with Gasteiger partial charge < -0.3 is 21.3 Å². The topological polar surface area (TPSA) is 99.3 Å². The highest BCUT2D eigenvalue weighted by Gasteiger charge is 2.11. The standard InChI is InChI=1S/C26H28N4O3/c1-3-27-25(32)21-10-7-11-23(16-21)30-24(31)17-28-22-14-12-20(13-15-22)26(33)29-18(2)19-8-5-4-6-9-19/h4-16,18,28H,3,17H2,1-2H3,(H,27,32)(H,29,33)(H,30,31). The maximum absolute atomic E-state index is 12.5. The lowest BCUT2D eigenvalue weighted by Crippen LogP contribution is -2.26. The number of rotatable bonds is 9. The van der Waals surface area contributed by atoms with Crippen molar-refractivity contribution in [2.75, 3.05) is 23.7 Å². The second kappa shape index (κ2) is 11.5. The number of amides is 3. The molecule has 1 atom stereocenters. The normalized spacial score (nSPS) is 11.2. The number of anilines is 2. The lowest BCUT2D eigenvalue weighted by molar-refractivity contribution is -0.114. The molecule has 3 aromatic rings. The average molecular weight is 445 g/mol. The minimum absolute atomic E-state index is 0.0436. The van der Waals surface area contributed by atoms with Crippen molar-refractivity contribution in [3.63, 3.8) is 0 Å². The molecule has 3 rings (SSSR count). The molecule has 4 N–H and O–H groups in total. The molecule has 0 radical (unpaired) electrons. The van der Waals surface area contributed by atoms with Gasteiger partial charge in [0.05, 0.1) is 12.6 Å². The van der Waals surface area contributed by atoms with Crippen LogP contribution in [0.3, 0.4) is 0 Å². The fraction of sp³-hybridized carbons (Fsp3) is 0.192. The monoisotopic (exact) mass is 444 g/mol. The van der Waals surface area contributed by atoms with Crippen LogP contribution in [0.1, 0.15) is 46.2 Å². The third kappa shape index (κ3) is 6.93. The number of benzene rings is 3. The Morgan fingerprint density at radius 3 is 2.21 bits per heavy atom. The van der Waals surface area contributed by atoms with E-state index in [2.05, 4.69) is 21.3 Å². The van der Waals surface area contributed by atoms with Gasteiger partial charge in [-0.1, -0.05) is 36.4 Å². The van der Waals surface area contributed by atoms with Crippen LogP contribution in [0.5, 0.6) is 0 Å². The van der Waals surface area contributed by atoms with Crippen molar-refractivity contribution >= 4 is 29.1 Å². The van der Waals surface area contributed by atoms with E-state index in [-0.39, 0.29) is 30.3 Å². The van der Waals surface area contributed by atoms with E-state index in [4.69, 9.17) is 0 Å². The Hall–Kier alpha value is -4.13. The SMILES string of the molecule is CCNC(=O)c1cccc(NC(=O)CNc2ccc(C(=O)NC(C)c3ccccc3)cc2)c1. The Kier molecular flexibility index (Phi) is 8.18. The van der Waals surface area contributed by atoms with Gasteiger partial charge >= 0.3 is 0 Å². The van der Waals surface area contributed by atoms with Crippen LogP contribution in [-0.2, 0) is 4.79 Å². The van der Waals surface area contributed by atoms with Crippen molar-refractivity contribution in [3.8, 4) is 0 Å². The Labute approximate surface area is 193 Å². The molecule has 0 fully saturated rings. The summed E-state index contributed by atoms with van der Waals surface area (Å²) in [6.45, 7) is 4.36. The van der Waals surface area contributed by atoms with Crippen LogP contribution in [0.15, 0.2) is 78.9 Å². The molecule has 0 aliphatic rings. The molecule has 7 nitrogen and oxygen atoms in total. The zero-order valence-corrected chi connectivity index (χ0v) is 18.7. The molecular formula is C26H28N4O3. The smallest absolute Gasteiger partial charge is 0.251 e. The Morgan fingerprint density at radius 1 is 0.788 bits per heavy atom. The molecule has 0 saturated carbocycles. The summed E-state index contributed by atoms with van der Waals surface area (Å²) in [5.74, 6) is -0.599. The van der Waals surface area contributed by atoms with Gasteiger partial charge in [-0.15, -0.1) is 0 Å². The highest BCUT2D eigenvalue weighted by molar-refractivity contribution is 5.98. The summed E-state index contributed by atoms with van der Waals surface area (Å²) in [4.78, 5) is 36.7. The molecule has 0 heterocycles. The molecule has 0 spiro atoms. The van der Waals surface area contributed by atoms with E-state index in [0.29, 0.717) is 29.0 Å². The van der Waals surface area contributed by atoms with Crippen molar-refractivity contribution in [1.82, 2.24) is 10.6 Å². The van der Waals surface area contributed by atoms with Crippen LogP contribution < -0.4 is 21.3 Å². The van der Waals surface area contributed by atoms with Crippen molar-refractivity contribution in [2.24, 2.45) is 0 Å². The first-order valence-corrected chi connectivity index (χ1v) is 10.8. The van der Waals surface area contributed by atoms with Gasteiger partial charge in [-0.3, -0.25) is 14.4 Å². The number of hydrogen-bond donors (Lipinski definition) is 4. The maximum atomic E-state index is 12.5. The second-order valence-electron chi connectivity index (χ2n) is 7.53. The fourth-order valence-electron chi connectivity index (χ4n) is 3.23. The summed E-state index contributed by atoms with van der Waals surface area (Å²) in [6.07, 6.45) is 0. The Bertz CT molecular complexity index is 1100. The van der Waals surface area contributed by atoms with E-state index in [1.165, 1.54) is 0 Å². The Morgan fingerprint density at radius 2 is 1.52 bits per heavy atom. The van der Waals surface area contributed by atoms with Crippen LogP contribution in [0.2, 0.25) is 0 Å². The van der Waals surface area contributed by atoms with Gasteiger partial charge in [0, 0.05) is 29.0 Å². The molecule has 0 bridgehead atoms. The largest absolute Gasteiger partial charge is 0.376 e. The van der Waals surface area contributed by atoms with Crippen molar-refractivity contribution in [2.45, 2.75) is 19.9 Å². The molecule has 0 aromatic heterocycles. The molecule has 0 aliphatic carbocycles. The number of carbonyl (C=O) groups is 3. The lowest BCUT2D eigenvalue weighted by Gasteiger charge is -2.14. The zero-order chi connectivity index (χ0) is 23.6. The zero-order valence-electron chi connectivity index (χ0n) is 18.7. The van der Waals surface area contributed by atoms with Crippen molar-refractivity contribution in [3.05, 3.63) is 95.6 Å². The van der Waals surface area contributed by atoms with E-state index in [1.54, 1.807) is 48.5 Å². The third-order valence-corrected chi connectivity index (χ3v) is 4.99. The van der Waals surface area contributed by atoms with Crippen molar-refractivity contribution < 1.29 is 14.4 Å². The van der Waals surface area contributed by atoms with Gasteiger partial charge in [0.15, 0.2) is 0 Å². The molecule has 1 unspecified atom stereocenters. The molecule has 7 heteroatoms. The van der Waals surface area contributed by atoms with Gasteiger partial charge in [0.1, 0.15) is 0 Å². The predicted octanol–water partition coefficient (Wildman–Crippen LogP) is 3.98. The van der Waals surface area contributed by atoms with Crippen LogP contribution >= 0.6 is 0 Å². The van der Waals surface area contributed by atoms with Gasteiger partial charge in [-0.2, -0.15) is 0 Å². The summed E-state index contributed by atoms with van der Waals surface area (Å²) in [7, 11) is 0. The second-order valence-corrected chi connectivity index (χ2v) is 7.53. The van der Waals surface area contributed by atoms with E-state index in [9.17, 15) is 14.4 Å². The lowest BCUT2D eigenvalue weighted by atomic mass is 10.1. The highest BCUT2D eigenvalue weighted by Crippen LogP contribution is 2.15. The summed E-state index contributed by atoms with van der Waals surface area (Å²) >= 11 is 0. The molecule has 170 valence electrons. The summed E-state index contributed by atoms with van der Waals surface area (Å²) in [5.41, 5.74) is 3.32. The molecular weight excluding hydrogens is 416 g/mol. The first kappa shape index (κ1) is 23.5. The molecule has 3 amide bonds. The third-order valence-electron chi connectivity index (χ3n) is 4.99. The minimum atomic E-state index is -0.249. The van der Waals surface area contributed by atoms with E-state index >= 15 is 0 Å². The molecule has 3 aromatic carbocycles. The summed E-state index contributed by atoms with van der Waals surface area (Å²) in [5, 5.41) is 11.5. The first-order valence-electron chi connectivity index (χ1n) is 10.8. The van der Waals surface area contributed by atoms with Gasteiger partial charge in [0.2, 0.25) is 5.91 Å². The van der Waals surface area contributed by atoms with E-state index in [1.807, 2.05) is 44.2 Å². The highest BCUT2D eigenvalue weighted by atomic mass is 16.2. The molecule has 0 saturated heterocycles. The van der Waals surface area contributed by atoms with E-state index < -0.39 is 0 Å².